The Kier molecular flexibility index (Phi) is 7.20. The van der Waals surface area contributed by atoms with Crippen molar-refractivity contribution in [1.29, 1.82) is 0 Å². The van der Waals surface area contributed by atoms with E-state index in [1.807, 2.05) is 66.7 Å². The lowest BCUT2D eigenvalue weighted by molar-refractivity contribution is -0.183. The van der Waals surface area contributed by atoms with Crippen molar-refractivity contribution in [1.82, 2.24) is 0 Å². The molecule has 0 saturated heterocycles. The van der Waals surface area contributed by atoms with Crippen LogP contribution in [0.4, 0.5) is 4.39 Å². The summed E-state index contributed by atoms with van der Waals surface area (Å²) in [6.45, 7) is 4.89. The molecule has 0 fully saturated rings. The highest BCUT2D eigenvalue weighted by Gasteiger charge is 2.52. The van der Waals surface area contributed by atoms with Crippen molar-refractivity contribution in [2.24, 2.45) is 0 Å². The molecule has 0 saturated carbocycles. The van der Waals surface area contributed by atoms with E-state index in [1.165, 1.54) is 0 Å². The van der Waals surface area contributed by atoms with E-state index < -0.39 is 35.7 Å². The van der Waals surface area contributed by atoms with Crippen LogP contribution in [-0.4, -0.2) is 23.2 Å². The van der Waals surface area contributed by atoms with E-state index in [0.717, 1.165) is 10.8 Å². The summed E-state index contributed by atoms with van der Waals surface area (Å²) < 4.78 is 27.8. The molecule has 0 unspecified atom stereocenters. The Morgan fingerprint density at radius 1 is 0.722 bits per heavy atom. The molecule has 0 heterocycles. The number of carbonyl (C=O) groups is 2. The van der Waals surface area contributed by atoms with Gasteiger partial charge in [-0.25, -0.2) is 14.0 Å². The van der Waals surface area contributed by atoms with Crippen molar-refractivity contribution < 1.29 is 23.5 Å². The Morgan fingerprint density at radius 3 is 1.81 bits per heavy atom. The molecule has 0 aliphatic carbocycles. The fourth-order valence-corrected chi connectivity index (χ4v) is 4.00. The molecule has 1 atom stereocenters. The van der Waals surface area contributed by atoms with Gasteiger partial charge in [-0.1, -0.05) is 103 Å². The van der Waals surface area contributed by atoms with Crippen molar-refractivity contribution in [2.75, 3.05) is 0 Å². The summed E-state index contributed by atoms with van der Waals surface area (Å²) in [6, 6.07) is 31.0. The summed E-state index contributed by atoms with van der Waals surface area (Å²) in [5, 5.41) is 1.85. The van der Waals surface area contributed by atoms with E-state index in [2.05, 4.69) is 0 Å². The molecule has 4 aromatic rings. The minimum atomic E-state index is -3.04. The zero-order chi connectivity index (χ0) is 25.8. The summed E-state index contributed by atoms with van der Waals surface area (Å²) in [5.41, 5.74) is -2.23. The molecule has 0 aromatic heterocycles. The molecule has 36 heavy (non-hydrogen) atoms. The van der Waals surface area contributed by atoms with Gasteiger partial charge in [0, 0.05) is 6.42 Å². The SMILES string of the molecule is CC(C)(C)OC(=O)[C@@](F)(Cc1ccc2ccccc2c1)C(=O)OC(c1ccccc1)c1ccccc1. The summed E-state index contributed by atoms with van der Waals surface area (Å²) in [4.78, 5) is 26.7. The molecule has 4 rings (SSSR count). The topological polar surface area (TPSA) is 52.6 Å². The van der Waals surface area contributed by atoms with Gasteiger partial charge in [-0.3, -0.25) is 0 Å². The van der Waals surface area contributed by atoms with Gasteiger partial charge >= 0.3 is 17.6 Å². The van der Waals surface area contributed by atoms with Crippen LogP contribution in [0.5, 0.6) is 0 Å². The molecule has 0 spiro atoms. The van der Waals surface area contributed by atoms with Gasteiger partial charge < -0.3 is 9.47 Å². The van der Waals surface area contributed by atoms with Crippen LogP contribution in [0.2, 0.25) is 0 Å². The quantitative estimate of drug-likeness (QED) is 0.215. The molecule has 5 heteroatoms. The van der Waals surface area contributed by atoms with Crippen LogP contribution in [0, 0.1) is 0 Å². The normalized spacial score (nSPS) is 13.2. The maximum absolute atomic E-state index is 16.6. The maximum atomic E-state index is 16.6. The third kappa shape index (κ3) is 5.80. The van der Waals surface area contributed by atoms with E-state index in [4.69, 9.17) is 9.47 Å². The van der Waals surface area contributed by atoms with Crippen LogP contribution in [0.3, 0.4) is 0 Å². The number of rotatable bonds is 7. The zero-order valence-electron chi connectivity index (χ0n) is 20.6. The van der Waals surface area contributed by atoms with E-state index >= 15 is 4.39 Å². The lowest BCUT2D eigenvalue weighted by Gasteiger charge is -2.29. The summed E-state index contributed by atoms with van der Waals surface area (Å²) >= 11 is 0. The van der Waals surface area contributed by atoms with Crippen molar-refractivity contribution in [3.8, 4) is 0 Å². The lowest BCUT2D eigenvalue weighted by atomic mass is 9.93. The molecule has 0 amide bonds. The predicted molar refractivity (Wildman–Crippen MR) is 138 cm³/mol. The van der Waals surface area contributed by atoms with Gasteiger partial charge in [0.05, 0.1) is 0 Å². The molecular weight excluding hydrogens is 455 g/mol. The van der Waals surface area contributed by atoms with E-state index in [9.17, 15) is 9.59 Å². The van der Waals surface area contributed by atoms with Crippen LogP contribution < -0.4 is 0 Å². The Balaban J connectivity index is 1.71. The average molecular weight is 485 g/mol. The minimum Gasteiger partial charge on any atom is -0.457 e. The van der Waals surface area contributed by atoms with Gasteiger partial charge in [0.25, 0.3) is 0 Å². The second-order valence-corrected chi connectivity index (χ2v) is 9.77. The molecule has 0 bridgehead atoms. The first-order chi connectivity index (χ1) is 17.2. The fraction of sp³-hybridized carbons (Fsp3) is 0.226. The molecule has 4 nitrogen and oxygen atoms in total. The molecule has 0 N–H and O–H groups in total. The Hall–Kier alpha value is -3.99. The average Bonchev–Trinajstić information content (AvgIpc) is 2.87. The van der Waals surface area contributed by atoms with Gasteiger partial charge in [0.15, 0.2) is 6.10 Å². The number of hydrogen-bond acceptors (Lipinski definition) is 4. The van der Waals surface area contributed by atoms with Crippen LogP contribution in [-0.2, 0) is 25.5 Å². The Labute approximate surface area is 210 Å². The summed E-state index contributed by atoms with van der Waals surface area (Å²) in [7, 11) is 0. The first-order valence-electron chi connectivity index (χ1n) is 11.9. The standard InChI is InChI=1S/C31H29FO4/c1-30(2,3)36-29(34)31(32,21-22-18-19-23-12-10-11-17-26(23)20-22)28(33)35-27(24-13-6-4-7-14-24)25-15-8-5-9-16-25/h4-20,27H,21H2,1-3H3/t31-/m1/s1. The van der Waals surface area contributed by atoms with Crippen LogP contribution in [0.15, 0.2) is 103 Å². The number of alkyl halides is 1. The third-order valence-corrected chi connectivity index (χ3v) is 5.74. The summed E-state index contributed by atoms with van der Waals surface area (Å²) in [6.07, 6.45) is -1.41. The first kappa shape index (κ1) is 25.1. The largest absolute Gasteiger partial charge is 0.457 e. The van der Waals surface area contributed by atoms with Crippen molar-refractivity contribution in [2.45, 2.75) is 44.6 Å². The van der Waals surface area contributed by atoms with Crippen LogP contribution >= 0.6 is 0 Å². The first-order valence-corrected chi connectivity index (χ1v) is 11.9. The Bertz CT molecular complexity index is 1310. The summed E-state index contributed by atoms with van der Waals surface area (Å²) in [5.74, 6) is -2.56. The van der Waals surface area contributed by atoms with Crippen LogP contribution in [0.1, 0.15) is 43.6 Å². The van der Waals surface area contributed by atoms with Gasteiger partial charge in [-0.2, -0.15) is 0 Å². The highest BCUT2D eigenvalue weighted by atomic mass is 19.1. The molecule has 0 radical (unpaired) electrons. The lowest BCUT2D eigenvalue weighted by Crippen LogP contribution is -2.49. The molecule has 184 valence electrons. The highest BCUT2D eigenvalue weighted by molar-refractivity contribution is 6.04. The third-order valence-electron chi connectivity index (χ3n) is 5.74. The number of ether oxygens (including phenoxy) is 2. The minimum absolute atomic E-state index is 0.481. The number of fused-ring (bicyclic) bond motifs is 1. The number of halogens is 1. The van der Waals surface area contributed by atoms with E-state index in [0.29, 0.717) is 16.7 Å². The second-order valence-electron chi connectivity index (χ2n) is 9.77. The number of hydrogen-bond donors (Lipinski definition) is 0. The fourth-order valence-electron chi connectivity index (χ4n) is 4.00. The van der Waals surface area contributed by atoms with Crippen molar-refractivity contribution in [3.05, 3.63) is 120 Å². The Morgan fingerprint density at radius 2 is 1.25 bits per heavy atom. The molecule has 0 aliphatic rings. The van der Waals surface area contributed by atoms with Crippen molar-refractivity contribution in [3.63, 3.8) is 0 Å². The smallest absolute Gasteiger partial charge is 0.357 e. The zero-order valence-corrected chi connectivity index (χ0v) is 20.6. The highest BCUT2D eigenvalue weighted by Crippen LogP contribution is 2.32. The number of carbonyl (C=O) groups excluding carboxylic acids is 2. The molecule has 0 aliphatic heterocycles. The predicted octanol–water partition coefficient (Wildman–Crippen LogP) is 6.77. The van der Waals surface area contributed by atoms with Gasteiger partial charge in [0.1, 0.15) is 5.60 Å². The van der Waals surface area contributed by atoms with Gasteiger partial charge in [-0.05, 0) is 48.2 Å². The molecular formula is C31H29FO4. The van der Waals surface area contributed by atoms with E-state index in [-0.39, 0.29) is 0 Å². The van der Waals surface area contributed by atoms with Crippen LogP contribution in [0.25, 0.3) is 10.8 Å². The molecule has 4 aromatic carbocycles. The number of esters is 2. The van der Waals surface area contributed by atoms with Gasteiger partial charge in [-0.15, -0.1) is 0 Å². The van der Waals surface area contributed by atoms with Gasteiger partial charge in [0.2, 0.25) is 0 Å². The second kappa shape index (κ2) is 10.3. The van der Waals surface area contributed by atoms with Crippen molar-refractivity contribution >= 4 is 22.7 Å². The maximum Gasteiger partial charge on any atom is 0.357 e. The number of benzene rings is 4. The van der Waals surface area contributed by atoms with E-state index in [1.54, 1.807) is 57.2 Å². The monoisotopic (exact) mass is 484 g/mol.